The Balaban J connectivity index is 1.07. The third kappa shape index (κ3) is 5.31. The Labute approximate surface area is 321 Å². The van der Waals surface area contributed by atoms with Gasteiger partial charge in [0, 0.05) is 44.5 Å². The van der Waals surface area contributed by atoms with Crippen LogP contribution >= 0.6 is 0 Å². The lowest BCUT2D eigenvalue weighted by molar-refractivity contribution is 0.112. The van der Waals surface area contributed by atoms with Gasteiger partial charge in [-0.25, -0.2) is 0 Å². The smallest absolute Gasteiger partial charge is 0.150 e. The molecule has 1 aliphatic carbocycles. The summed E-state index contributed by atoms with van der Waals surface area (Å²) in [5.41, 5.74) is 16.9. The van der Waals surface area contributed by atoms with E-state index in [2.05, 4.69) is 187 Å². The van der Waals surface area contributed by atoms with Crippen LogP contribution in [-0.4, -0.2) is 10.9 Å². The van der Waals surface area contributed by atoms with Crippen LogP contribution in [0.25, 0.3) is 60.9 Å². The van der Waals surface area contributed by atoms with Crippen LogP contribution in [0.4, 0.5) is 17.1 Å². The van der Waals surface area contributed by atoms with Crippen molar-refractivity contribution in [3.63, 3.8) is 0 Å². The van der Waals surface area contributed by atoms with Crippen LogP contribution in [0.3, 0.4) is 0 Å². The number of hydrogen-bond acceptors (Lipinski definition) is 2. The lowest BCUT2D eigenvalue weighted by Gasteiger charge is -2.28. The number of aromatic nitrogens is 1. The van der Waals surface area contributed by atoms with Crippen LogP contribution in [0, 0.1) is 0 Å². The van der Waals surface area contributed by atoms with Crippen LogP contribution in [-0.2, 0) is 5.41 Å². The average Bonchev–Trinajstić information content (AvgIpc) is 3.69. The first-order chi connectivity index (χ1) is 27.0. The molecule has 0 aliphatic heterocycles. The van der Waals surface area contributed by atoms with Crippen molar-refractivity contribution in [1.29, 1.82) is 0 Å². The van der Waals surface area contributed by atoms with Crippen molar-refractivity contribution < 1.29 is 4.79 Å². The van der Waals surface area contributed by atoms with E-state index in [0.29, 0.717) is 5.56 Å². The Hall–Kier alpha value is -6.97. The van der Waals surface area contributed by atoms with Gasteiger partial charge in [0.25, 0.3) is 0 Å². The van der Waals surface area contributed by atoms with E-state index in [9.17, 15) is 4.79 Å². The topological polar surface area (TPSA) is 25.2 Å². The summed E-state index contributed by atoms with van der Waals surface area (Å²) >= 11 is 0. The Bertz CT molecular complexity index is 2900. The fourth-order valence-corrected chi connectivity index (χ4v) is 8.74. The van der Waals surface area contributed by atoms with E-state index in [0.717, 1.165) is 45.7 Å². The van der Waals surface area contributed by atoms with Gasteiger partial charge in [-0.1, -0.05) is 135 Å². The van der Waals surface area contributed by atoms with Crippen LogP contribution < -0.4 is 4.90 Å². The third-order valence-electron chi connectivity index (χ3n) is 11.5. The Morgan fingerprint density at radius 2 is 1.04 bits per heavy atom. The van der Waals surface area contributed by atoms with Crippen molar-refractivity contribution in [1.82, 2.24) is 4.57 Å². The Morgan fingerprint density at radius 1 is 0.455 bits per heavy atom. The number of carbonyl (C=O) groups is 1. The van der Waals surface area contributed by atoms with Crippen molar-refractivity contribution in [2.24, 2.45) is 0 Å². The van der Waals surface area contributed by atoms with Gasteiger partial charge in [-0.05, 0) is 111 Å². The molecule has 0 amide bonds. The van der Waals surface area contributed by atoms with E-state index in [1.807, 2.05) is 24.3 Å². The summed E-state index contributed by atoms with van der Waals surface area (Å²) in [6, 6.07) is 67.0. The zero-order valence-electron chi connectivity index (χ0n) is 30.8. The third-order valence-corrected chi connectivity index (χ3v) is 11.5. The fraction of sp³-hybridized carbons (Fsp3) is 0.0577. The summed E-state index contributed by atoms with van der Waals surface area (Å²) in [7, 11) is 0. The van der Waals surface area contributed by atoms with Gasteiger partial charge in [-0.3, -0.25) is 4.79 Å². The van der Waals surface area contributed by atoms with Gasteiger partial charge in [0.1, 0.15) is 0 Å². The molecule has 0 spiro atoms. The van der Waals surface area contributed by atoms with Gasteiger partial charge in [0.15, 0.2) is 6.29 Å². The second kappa shape index (κ2) is 12.9. The Morgan fingerprint density at radius 3 is 1.80 bits per heavy atom. The molecular formula is C52H38N2O. The fourth-order valence-electron chi connectivity index (χ4n) is 8.74. The van der Waals surface area contributed by atoms with Crippen molar-refractivity contribution in [3.8, 4) is 39.1 Å². The maximum atomic E-state index is 11.9. The second-order valence-electron chi connectivity index (χ2n) is 15.0. The maximum Gasteiger partial charge on any atom is 0.150 e. The lowest BCUT2D eigenvalue weighted by atomic mass is 9.82. The highest BCUT2D eigenvalue weighted by molar-refractivity contribution is 6.10. The molecule has 0 unspecified atom stereocenters. The van der Waals surface area contributed by atoms with E-state index < -0.39 is 0 Å². The van der Waals surface area contributed by atoms with Crippen molar-refractivity contribution in [3.05, 3.63) is 205 Å². The van der Waals surface area contributed by atoms with Gasteiger partial charge in [0.2, 0.25) is 0 Å². The van der Waals surface area contributed by atoms with Crippen molar-refractivity contribution in [2.45, 2.75) is 19.3 Å². The van der Waals surface area contributed by atoms with E-state index in [1.165, 1.54) is 49.6 Å². The van der Waals surface area contributed by atoms with Gasteiger partial charge in [0.05, 0.1) is 11.0 Å². The largest absolute Gasteiger partial charge is 0.310 e. The quantitative estimate of drug-likeness (QED) is 0.154. The molecule has 3 heteroatoms. The number of anilines is 3. The predicted molar refractivity (Wildman–Crippen MR) is 229 cm³/mol. The number of carbonyl (C=O) groups excluding carboxylic acids is 1. The zero-order chi connectivity index (χ0) is 37.1. The summed E-state index contributed by atoms with van der Waals surface area (Å²) in [4.78, 5) is 14.2. The van der Waals surface area contributed by atoms with Crippen molar-refractivity contribution in [2.75, 3.05) is 4.90 Å². The van der Waals surface area contributed by atoms with E-state index in [1.54, 1.807) is 0 Å². The molecule has 55 heavy (non-hydrogen) atoms. The normalized spacial score (nSPS) is 12.8. The van der Waals surface area contributed by atoms with E-state index >= 15 is 0 Å². The van der Waals surface area contributed by atoms with Crippen molar-refractivity contribution >= 4 is 45.2 Å². The number of nitrogens with zero attached hydrogens (tertiary/aromatic N) is 2. The molecule has 262 valence electrons. The maximum absolute atomic E-state index is 11.9. The minimum Gasteiger partial charge on any atom is -0.310 e. The molecule has 0 radical (unpaired) electrons. The first-order valence-electron chi connectivity index (χ1n) is 18.9. The van der Waals surface area contributed by atoms with Gasteiger partial charge < -0.3 is 9.47 Å². The SMILES string of the molecule is CC1(C)c2ccccc2-c2ccc(N(c3ccc(-c4ccc5c(c4)c4ccccc4n5-c4ccccc4)cc3)c3ccc(-c4ccccc4C=O)cc3)cc21. The van der Waals surface area contributed by atoms with Gasteiger partial charge in [-0.2, -0.15) is 0 Å². The van der Waals surface area contributed by atoms with Crippen LogP contribution in [0.5, 0.6) is 0 Å². The molecule has 8 aromatic carbocycles. The number of rotatable bonds is 7. The minimum atomic E-state index is -0.123. The highest BCUT2D eigenvalue weighted by atomic mass is 16.1. The number of para-hydroxylation sites is 2. The van der Waals surface area contributed by atoms with Crippen LogP contribution in [0.1, 0.15) is 35.3 Å². The summed E-state index contributed by atoms with van der Waals surface area (Å²) < 4.78 is 2.36. The minimum absolute atomic E-state index is 0.123. The first-order valence-corrected chi connectivity index (χ1v) is 18.9. The highest BCUT2D eigenvalue weighted by Gasteiger charge is 2.35. The summed E-state index contributed by atoms with van der Waals surface area (Å²) in [5.74, 6) is 0. The molecule has 1 aliphatic rings. The summed E-state index contributed by atoms with van der Waals surface area (Å²) in [6.45, 7) is 4.65. The average molecular weight is 707 g/mol. The molecule has 0 saturated carbocycles. The standard InChI is InChI=1S/C52H38N2O/c1-52(2)48-18-10-8-16-44(48)45-30-29-42(33-49(45)52)53(41-27-22-36(23-28-41)43-15-7-6-12-38(43)34-55)40-25-20-35(21-26-40)37-24-31-51-47(32-37)46-17-9-11-19-50(46)54(51)39-13-4-3-5-14-39/h3-34H,1-2H3. The molecule has 0 saturated heterocycles. The molecule has 9 aromatic rings. The number of benzene rings is 8. The molecular weight excluding hydrogens is 669 g/mol. The predicted octanol–water partition coefficient (Wildman–Crippen LogP) is 13.7. The monoisotopic (exact) mass is 706 g/mol. The van der Waals surface area contributed by atoms with E-state index in [4.69, 9.17) is 0 Å². The molecule has 10 rings (SSSR count). The molecule has 0 atom stereocenters. The van der Waals surface area contributed by atoms with Crippen LogP contribution in [0.2, 0.25) is 0 Å². The summed E-state index contributed by atoms with van der Waals surface area (Å²) in [6.07, 6.45) is 0.931. The number of fused-ring (bicyclic) bond motifs is 6. The number of hydrogen-bond donors (Lipinski definition) is 0. The molecule has 1 heterocycles. The number of aldehydes is 1. The molecule has 0 N–H and O–H groups in total. The molecule has 0 bridgehead atoms. The first kappa shape index (κ1) is 32.7. The molecule has 1 aromatic heterocycles. The summed E-state index contributed by atoms with van der Waals surface area (Å²) in [5, 5.41) is 2.48. The van der Waals surface area contributed by atoms with Gasteiger partial charge in [-0.15, -0.1) is 0 Å². The highest BCUT2D eigenvalue weighted by Crippen LogP contribution is 2.50. The van der Waals surface area contributed by atoms with Crippen LogP contribution in [0.15, 0.2) is 188 Å². The molecule has 3 nitrogen and oxygen atoms in total. The van der Waals surface area contributed by atoms with E-state index in [-0.39, 0.29) is 5.41 Å². The lowest BCUT2D eigenvalue weighted by Crippen LogP contribution is -2.16. The van der Waals surface area contributed by atoms with Gasteiger partial charge >= 0.3 is 0 Å². The Kier molecular flexibility index (Phi) is 7.64. The second-order valence-corrected chi connectivity index (χ2v) is 15.0. The molecule has 0 fully saturated rings. The zero-order valence-corrected chi connectivity index (χ0v) is 30.8.